The fraction of sp³-hybridized carbons (Fsp3) is 0.333. The Morgan fingerprint density at radius 2 is 2.11 bits per heavy atom. The summed E-state index contributed by atoms with van der Waals surface area (Å²) in [6.07, 6.45) is 1.38. The molecular weight excluding hydrogens is 240 g/mol. The molecule has 1 aromatic carbocycles. The largest absolute Gasteiger partial charge is 0.443 e. The Kier molecular flexibility index (Phi) is 2.49. The zero-order valence-corrected chi connectivity index (χ0v) is 11.3. The van der Waals surface area contributed by atoms with E-state index >= 15 is 0 Å². The van der Waals surface area contributed by atoms with Gasteiger partial charge in [0.05, 0.1) is 6.54 Å². The summed E-state index contributed by atoms with van der Waals surface area (Å²) in [5, 5.41) is 2.16. The Morgan fingerprint density at radius 1 is 1.32 bits per heavy atom. The van der Waals surface area contributed by atoms with Crippen LogP contribution in [0.25, 0.3) is 10.8 Å². The molecule has 4 heteroatoms. The Morgan fingerprint density at radius 3 is 2.84 bits per heavy atom. The number of rotatable bonds is 0. The van der Waals surface area contributed by atoms with E-state index in [1.165, 1.54) is 0 Å². The smallest absolute Gasteiger partial charge is 0.416 e. The van der Waals surface area contributed by atoms with E-state index in [9.17, 15) is 4.79 Å². The lowest BCUT2D eigenvalue weighted by Crippen LogP contribution is -2.35. The lowest BCUT2D eigenvalue weighted by atomic mass is 10.1. The molecule has 2 aromatic rings. The number of anilines is 1. The van der Waals surface area contributed by atoms with Crippen molar-refractivity contribution in [2.45, 2.75) is 32.9 Å². The van der Waals surface area contributed by atoms with E-state index in [-0.39, 0.29) is 6.09 Å². The highest BCUT2D eigenvalue weighted by Crippen LogP contribution is 2.36. The molecule has 98 valence electrons. The van der Waals surface area contributed by atoms with Crippen molar-refractivity contribution in [3.8, 4) is 0 Å². The number of amides is 1. The highest BCUT2D eigenvalue weighted by atomic mass is 16.6. The normalized spacial score (nSPS) is 13.9. The van der Waals surface area contributed by atoms with Crippen LogP contribution in [0.4, 0.5) is 10.6 Å². The zero-order chi connectivity index (χ0) is 13.6. The Labute approximate surface area is 112 Å². The maximum absolute atomic E-state index is 12.2. The molecule has 0 saturated heterocycles. The molecule has 0 unspecified atom stereocenters. The van der Waals surface area contributed by atoms with Crippen LogP contribution >= 0.6 is 0 Å². The number of benzene rings is 1. The van der Waals surface area contributed by atoms with Gasteiger partial charge in [0.15, 0.2) is 0 Å². The van der Waals surface area contributed by atoms with Gasteiger partial charge in [0.2, 0.25) is 0 Å². The number of hydrogen-bond acceptors (Lipinski definition) is 3. The predicted octanol–water partition coefficient (Wildman–Crippen LogP) is 3.49. The van der Waals surface area contributed by atoms with E-state index < -0.39 is 5.60 Å². The zero-order valence-electron chi connectivity index (χ0n) is 11.3. The van der Waals surface area contributed by atoms with Gasteiger partial charge in [0.1, 0.15) is 11.4 Å². The van der Waals surface area contributed by atoms with Crippen molar-refractivity contribution in [1.29, 1.82) is 0 Å². The van der Waals surface area contributed by atoms with Crippen LogP contribution in [-0.4, -0.2) is 16.7 Å². The van der Waals surface area contributed by atoms with Crippen molar-refractivity contribution in [2.24, 2.45) is 0 Å². The molecule has 0 radical (unpaired) electrons. The van der Waals surface area contributed by atoms with Crippen LogP contribution in [0.2, 0.25) is 0 Å². The molecule has 1 amide bonds. The van der Waals surface area contributed by atoms with E-state index in [1.807, 2.05) is 45.0 Å². The van der Waals surface area contributed by atoms with Crippen molar-refractivity contribution in [3.05, 3.63) is 36.0 Å². The SMILES string of the molecule is CC(C)(C)OC(=O)N1Cc2cccc3ccnc1c23. The highest BCUT2D eigenvalue weighted by Gasteiger charge is 2.30. The van der Waals surface area contributed by atoms with Gasteiger partial charge < -0.3 is 4.74 Å². The van der Waals surface area contributed by atoms with Crippen molar-refractivity contribution < 1.29 is 9.53 Å². The summed E-state index contributed by atoms with van der Waals surface area (Å²) in [7, 11) is 0. The van der Waals surface area contributed by atoms with Gasteiger partial charge >= 0.3 is 6.09 Å². The number of nitrogens with zero attached hydrogens (tertiary/aromatic N) is 2. The first-order valence-corrected chi connectivity index (χ1v) is 6.33. The maximum Gasteiger partial charge on any atom is 0.416 e. The lowest BCUT2D eigenvalue weighted by Gasteiger charge is -2.24. The summed E-state index contributed by atoms with van der Waals surface area (Å²) in [5.74, 6) is 0.697. The number of carbonyl (C=O) groups is 1. The van der Waals surface area contributed by atoms with Crippen molar-refractivity contribution in [3.63, 3.8) is 0 Å². The second kappa shape index (κ2) is 3.95. The van der Waals surface area contributed by atoms with Gasteiger partial charge in [0.25, 0.3) is 0 Å². The lowest BCUT2D eigenvalue weighted by molar-refractivity contribution is 0.0578. The van der Waals surface area contributed by atoms with E-state index in [0.717, 1.165) is 16.3 Å². The average molecular weight is 256 g/mol. The van der Waals surface area contributed by atoms with Crippen LogP contribution in [0.5, 0.6) is 0 Å². The van der Waals surface area contributed by atoms with Crippen LogP contribution in [0.1, 0.15) is 26.3 Å². The van der Waals surface area contributed by atoms with Gasteiger partial charge in [-0.05, 0) is 37.8 Å². The molecule has 0 aliphatic carbocycles. The molecule has 0 saturated carbocycles. The van der Waals surface area contributed by atoms with Crippen LogP contribution in [-0.2, 0) is 11.3 Å². The summed E-state index contributed by atoms with van der Waals surface area (Å²) in [4.78, 5) is 18.2. The molecule has 0 fully saturated rings. The number of carbonyl (C=O) groups excluding carboxylic acids is 1. The van der Waals surface area contributed by atoms with E-state index in [2.05, 4.69) is 4.98 Å². The quantitative estimate of drug-likeness (QED) is 0.724. The Balaban J connectivity index is 2.02. The average Bonchev–Trinajstić information content (AvgIpc) is 2.69. The minimum absolute atomic E-state index is 0.344. The monoisotopic (exact) mass is 256 g/mol. The second-order valence-corrected chi connectivity index (χ2v) is 5.72. The summed E-state index contributed by atoms with van der Waals surface area (Å²) >= 11 is 0. The summed E-state index contributed by atoms with van der Waals surface area (Å²) in [5.41, 5.74) is 0.617. The van der Waals surface area contributed by atoms with Gasteiger partial charge in [-0.25, -0.2) is 9.78 Å². The highest BCUT2D eigenvalue weighted by molar-refractivity contribution is 6.04. The van der Waals surface area contributed by atoms with Crippen LogP contribution in [0.3, 0.4) is 0 Å². The molecule has 2 heterocycles. The van der Waals surface area contributed by atoms with Crippen LogP contribution in [0, 0.1) is 0 Å². The van der Waals surface area contributed by atoms with Gasteiger partial charge in [-0.3, -0.25) is 4.90 Å². The summed E-state index contributed by atoms with van der Waals surface area (Å²) in [6.45, 7) is 6.12. The predicted molar refractivity (Wildman–Crippen MR) is 74.2 cm³/mol. The number of aromatic nitrogens is 1. The van der Waals surface area contributed by atoms with Crippen molar-refractivity contribution >= 4 is 22.7 Å². The molecule has 4 nitrogen and oxygen atoms in total. The molecule has 1 aromatic heterocycles. The van der Waals surface area contributed by atoms with Crippen LogP contribution < -0.4 is 4.90 Å². The first kappa shape index (κ1) is 12.0. The molecular formula is C15H16N2O2. The first-order valence-electron chi connectivity index (χ1n) is 6.33. The third-order valence-corrected chi connectivity index (χ3v) is 3.06. The van der Waals surface area contributed by atoms with E-state index in [1.54, 1.807) is 11.1 Å². The number of hydrogen-bond donors (Lipinski definition) is 0. The second-order valence-electron chi connectivity index (χ2n) is 5.72. The standard InChI is InChI=1S/C15H16N2O2/c1-15(2,3)19-14(18)17-9-11-6-4-5-10-7-8-16-13(17)12(10)11/h4-8H,9H2,1-3H3. The minimum atomic E-state index is -0.500. The molecule has 19 heavy (non-hydrogen) atoms. The number of pyridine rings is 1. The molecule has 1 aliphatic heterocycles. The van der Waals surface area contributed by atoms with Gasteiger partial charge in [-0.1, -0.05) is 18.2 Å². The number of ether oxygens (including phenoxy) is 1. The van der Waals surface area contributed by atoms with Crippen molar-refractivity contribution in [2.75, 3.05) is 4.90 Å². The van der Waals surface area contributed by atoms with Gasteiger partial charge in [-0.15, -0.1) is 0 Å². The molecule has 0 N–H and O–H groups in total. The van der Waals surface area contributed by atoms with Crippen LogP contribution in [0.15, 0.2) is 30.5 Å². The van der Waals surface area contributed by atoms with E-state index in [4.69, 9.17) is 4.74 Å². The third-order valence-electron chi connectivity index (χ3n) is 3.06. The molecule has 0 atom stereocenters. The summed E-state index contributed by atoms with van der Waals surface area (Å²) in [6, 6.07) is 8.02. The topological polar surface area (TPSA) is 42.4 Å². The fourth-order valence-electron chi connectivity index (χ4n) is 2.33. The van der Waals surface area contributed by atoms with Gasteiger partial charge in [0, 0.05) is 11.6 Å². The summed E-state index contributed by atoms with van der Waals surface area (Å²) < 4.78 is 5.43. The van der Waals surface area contributed by atoms with Crippen molar-refractivity contribution in [1.82, 2.24) is 4.98 Å². The molecule has 0 spiro atoms. The molecule has 3 rings (SSSR count). The maximum atomic E-state index is 12.2. The minimum Gasteiger partial charge on any atom is -0.443 e. The molecule has 1 aliphatic rings. The fourth-order valence-corrected chi connectivity index (χ4v) is 2.33. The molecule has 0 bridgehead atoms. The first-order chi connectivity index (χ1) is 8.96. The third kappa shape index (κ3) is 2.03. The van der Waals surface area contributed by atoms with E-state index in [0.29, 0.717) is 12.4 Å². The van der Waals surface area contributed by atoms with Gasteiger partial charge in [-0.2, -0.15) is 0 Å². The Hall–Kier alpha value is -2.10. The Bertz CT molecular complexity index is 653.